The van der Waals surface area contributed by atoms with E-state index >= 15 is 0 Å². The van der Waals surface area contributed by atoms with Gasteiger partial charge in [-0.2, -0.15) is 0 Å². The van der Waals surface area contributed by atoms with E-state index < -0.39 is 6.10 Å². The van der Waals surface area contributed by atoms with Crippen molar-refractivity contribution in [2.45, 2.75) is 6.10 Å². The van der Waals surface area contributed by atoms with Crippen molar-refractivity contribution in [3.8, 4) is 0 Å². The van der Waals surface area contributed by atoms with Gasteiger partial charge in [0, 0.05) is 20.6 Å². The first-order valence-electron chi connectivity index (χ1n) is 5.90. The van der Waals surface area contributed by atoms with Crippen LogP contribution in [0.4, 0.5) is 0 Å². The number of benzene rings is 2. The van der Waals surface area contributed by atoms with Gasteiger partial charge in [0.2, 0.25) is 0 Å². The summed E-state index contributed by atoms with van der Waals surface area (Å²) in [7, 11) is 0. The second kappa shape index (κ2) is 5.09. The van der Waals surface area contributed by atoms with Crippen LogP contribution in [-0.2, 0) is 0 Å². The molecule has 0 fully saturated rings. The van der Waals surface area contributed by atoms with Crippen LogP contribution in [0.1, 0.15) is 17.2 Å². The Kier molecular flexibility index (Phi) is 3.41. The largest absolute Gasteiger partial charge is 0.384 e. The van der Waals surface area contributed by atoms with Crippen LogP contribution in [0.25, 0.3) is 11.0 Å². The van der Waals surface area contributed by atoms with Crippen molar-refractivity contribution < 1.29 is 5.11 Å². The molecule has 0 saturated heterocycles. The molecule has 3 N–H and O–H groups in total. The standard InChI is InChI=1S/C14H10BrClN2O2/c15-9-6-12-11(17-14(20)18-12)5-8(9)13(19)7-3-1-2-4-10(7)16/h1-6,13,19H,(H2,17,18,20). The lowest BCUT2D eigenvalue weighted by molar-refractivity contribution is 0.220. The van der Waals surface area contributed by atoms with Crippen LogP contribution >= 0.6 is 27.5 Å². The van der Waals surface area contributed by atoms with Crippen molar-refractivity contribution in [2.24, 2.45) is 0 Å². The molecule has 0 spiro atoms. The molecule has 0 saturated carbocycles. The fourth-order valence-corrected chi connectivity index (χ4v) is 2.95. The van der Waals surface area contributed by atoms with E-state index in [1.165, 1.54) is 0 Å². The van der Waals surface area contributed by atoms with Gasteiger partial charge >= 0.3 is 5.69 Å². The summed E-state index contributed by atoms with van der Waals surface area (Å²) in [5, 5.41) is 11.0. The van der Waals surface area contributed by atoms with E-state index in [0.717, 1.165) is 0 Å². The molecule has 1 unspecified atom stereocenters. The molecule has 1 aromatic heterocycles. The quantitative estimate of drug-likeness (QED) is 0.661. The van der Waals surface area contributed by atoms with E-state index in [9.17, 15) is 9.90 Å². The van der Waals surface area contributed by atoms with E-state index in [1.54, 1.807) is 30.3 Å². The summed E-state index contributed by atoms with van der Waals surface area (Å²) in [6.45, 7) is 0. The summed E-state index contributed by atoms with van der Waals surface area (Å²) in [5.74, 6) is 0. The zero-order valence-corrected chi connectivity index (χ0v) is 12.5. The first kappa shape index (κ1) is 13.4. The maximum absolute atomic E-state index is 11.3. The predicted octanol–water partition coefficient (Wildman–Crippen LogP) is 3.35. The minimum Gasteiger partial charge on any atom is -0.384 e. The van der Waals surface area contributed by atoms with Crippen molar-refractivity contribution in [2.75, 3.05) is 0 Å². The SMILES string of the molecule is O=c1[nH]c2cc(Br)c(C(O)c3ccccc3Cl)cc2[nH]1. The number of aliphatic hydroxyl groups is 1. The lowest BCUT2D eigenvalue weighted by Gasteiger charge is -2.14. The predicted molar refractivity (Wildman–Crippen MR) is 82.1 cm³/mol. The van der Waals surface area contributed by atoms with Crippen LogP contribution in [-0.4, -0.2) is 15.1 Å². The van der Waals surface area contributed by atoms with Gasteiger partial charge in [0.25, 0.3) is 0 Å². The molecule has 0 aliphatic heterocycles. The summed E-state index contributed by atoms with van der Waals surface area (Å²) in [6, 6.07) is 10.6. The van der Waals surface area contributed by atoms with E-state index in [2.05, 4.69) is 25.9 Å². The van der Waals surface area contributed by atoms with Crippen LogP contribution in [0.15, 0.2) is 45.7 Å². The molecule has 2 aromatic carbocycles. The number of hydrogen-bond acceptors (Lipinski definition) is 2. The highest BCUT2D eigenvalue weighted by molar-refractivity contribution is 9.10. The van der Waals surface area contributed by atoms with Gasteiger partial charge in [-0.15, -0.1) is 0 Å². The molecule has 0 aliphatic carbocycles. The van der Waals surface area contributed by atoms with Crippen molar-refractivity contribution in [1.29, 1.82) is 0 Å². The zero-order chi connectivity index (χ0) is 14.3. The molecular weight excluding hydrogens is 344 g/mol. The summed E-state index contributed by atoms with van der Waals surface area (Å²) < 4.78 is 0.702. The van der Waals surface area contributed by atoms with Crippen LogP contribution in [0, 0.1) is 0 Å². The second-order valence-electron chi connectivity index (χ2n) is 4.42. The fourth-order valence-electron chi connectivity index (χ4n) is 2.15. The molecule has 0 amide bonds. The maximum atomic E-state index is 11.3. The molecule has 0 aliphatic rings. The number of nitrogens with one attached hydrogen (secondary N) is 2. The number of fused-ring (bicyclic) bond motifs is 1. The molecule has 6 heteroatoms. The normalized spacial score (nSPS) is 12.8. The highest BCUT2D eigenvalue weighted by Gasteiger charge is 2.17. The third kappa shape index (κ3) is 2.28. The van der Waals surface area contributed by atoms with Gasteiger partial charge in [0.05, 0.1) is 11.0 Å². The minimum atomic E-state index is -0.874. The Bertz CT molecular complexity index is 841. The zero-order valence-electron chi connectivity index (χ0n) is 10.2. The molecule has 0 bridgehead atoms. The molecule has 20 heavy (non-hydrogen) atoms. The van der Waals surface area contributed by atoms with Crippen molar-refractivity contribution in [3.05, 3.63) is 67.5 Å². The van der Waals surface area contributed by atoms with Gasteiger partial charge in [0.15, 0.2) is 0 Å². The topological polar surface area (TPSA) is 68.9 Å². The third-order valence-corrected chi connectivity index (χ3v) is 4.16. The smallest absolute Gasteiger partial charge is 0.323 e. The number of hydrogen-bond donors (Lipinski definition) is 3. The molecular formula is C14H10BrClN2O2. The Hall–Kier alpha value is -1.56. The van der Waals surface area contributed by atoms with Crippen molar-refractivity contribution >= 4 is 38.6 Å². The van der Waals surface area contributed by atoms with Gasteiger partial charge in [-0.1, -0.05) is 45.7 Å². The Morgan fingerprint density at radius 1 is 1.10 bits per heavy atom. The van der Waals surface area contributed by atoms with Gasteiger partial charge in [0.1, 0.15) is 6.10 Å². The van der Waals surface area contributed by atoms with Crippen LogP contribution < -0.4 is 5.69 Å². The first-order valence-corrected chi connectivity index (χ1v) is 7.07. The molecule has 4 nitrogen and oxygen atoms in total. The van der Waals surface area contributed by atoms with Gasteiger partial charge in [-0.3, -0.25) is 0 Å². The molecule has 0 radical (unpaired) electrons. The lowest BCUT2D eigenvalue weighted by atomic mass is 10.0. The van der Waals surface area contributed by atoms with E-state index in [-0.39, 0.29) is 5.69 Å². The van der Waals surface area contributed by atoms with Gasteiger partial charge < -0.3 is 15.1 Å². The molecule has 3 aromatic rings. The molecule has 102 valence electrons. The summed E-state index contributed by atoms with van der Waals surface area (Å²) in [5.41, 5.74) is 2.29. The number of aliphatic hydroxyl groups excluding tert-OH is 1. The Balaban J connectivity index is 2.16. The van der Waals surface area contributed by atoms with Crippen LogP contribution in [0.2, 0.25) is 5.02 Å². The Morgan fingerprint density at radius 2 is 1.75 bits per heavy atom. The van der Waals surface area contributed by atoms with E-state index in [0.29, 0.717) is 31.7 Å². The third-order valence-electron chi connectivity index (χ3n) is 3.13. The number of rotatable bonds is 2. The molecule has 3 rings (SSSR count). The average Bonchev–Trinajstić information content (AvgIpc) is 2.76. The minimum absolute atomic E-state index is 0.281. The van der Waals surface area contributed by atoms with Gasteiger partial charge in [-0.25, -0.2) is 4.79 Å². The fraction of sp³-hybridized carbons (Fsp3) is 0.0714. The number of imidazole rings is 1. The Labute approximate surface area is 127 Å². The van der Waals surface area contributed by atoms with Gasteiger partial charge in [-0.05, 0) is 18.2 Å². The first-order chi connectivity index (χ1) is 9.56. The highest BCUT2D eigenvalue weighted by atomic mass is 79.9. The highest BCUT2D eigenvalue weighted by Crippen LogP contribution is 2.33. The van der Waals surface area contributed by atoms with E-state index in [4.69, 9.17) is 11.6 Å². The molecule has 1 heterocycles. The Morgan fingerprint density at radius 3 is 2.45 bits per heavy atom. The van der Waals surface area contributed by atoms with Crippen LogP contribution in [0.3, 0.4) is 0 Å². The summed E-state index contributed by atoms with van der Waals surface area (Å²) >= 11 is 9.51. The number of H-pyrrole nitrogens is 2. The lowest BCUT2D eigenvalue weighted by Crippen LogP contribution is -2.01. The number of aromatic amines is 2. The second-order valence-corrected chi connectivity index (χ2v) is 5.68. The molecule has 1 atom stereocenters. The monoisotopic (exact) mass is 352 g/mol. The van der Waals surface area contributed by atoms with Crippen LogP contribution in [0.5, 0.6) is 0 Å². The van der Waals surface area contributed by atoms with Crippen molar-refractivity contribution in [3.63, 3.8) is 0 Å². The average molecular weight is 354 g/mol. The number of aromatic nitrogens is 2. The maximum Gasteiger partial charge on any atom is 0.323 e. The summed E-state index contributed by atoms with van der Waals surface area (Å²) in [4.78, 5) is 16.6. The van der Waals surface area contributed by atoms with Crippen molar-refractivity contribution in [1.82, 2.24) is 9.97 Å². The number of halogens is 2. The van der Waals surface area contributed by atoms with E-state index in [1.807, 2.05) is 6.07 Å². The summed E-state index contributed by atoms with van der Waals surface area (Å²) in [6.07, 6.45) is -0.874.